The van der Waals surface area contributed by atoms with E-state index >= 15 is 0 Å². The van der Waals surface area contributed by atoms with Gasteiger partial charge < -0.3 is 9.64 Å². The molecule has 1 amide bonds. The highest BCUT2D eigenvalue weighted by atomic mass is 35.5. The van der Waals surface area contributed by atoms with E-state index in [1.807, 2.05) is 29.2 Å². The number of amides is 1. The number of piperazine rings is 1. The molecule has 0 saturated carbocycles. The van der Waals surface area contributed by atoms with Crippen molar-refractivity contribution in [2.45, 2.75) is 6.54 Å². The summed E-state index contributed by atoms with van der Waals surface area (Å²) in [5, 5.41) is 1.48. The molecule has 1 fully saturated rings. The van der Waals surface area contributed by atoms with Crippen LogP contribution in [0.5, 0.6) is 5.75 Å². The van der Waals surface area contributed by atoms with Crippen LogP contribution in [0.25, 0.3) is 0 Å². The van der Waals surface area contributed by atoms with Crippen molar-refractivity contribution in [1.82, 2.24) is 9.80 Å². The van der Waals surface area contributed by atoms with Gasteiger partial charge in [-0.05, 0) is 29.8 Å². The van der Waals surface area contributed by atoms with Crippen molar-refractivity contribution in [2.24, 2.45) is 0 Å². The third-order valence-electron chi connectivity index (χ3n) is 4.31. The van der Waals surface area contributed by atoms with Crippen LogP contribution < -0.4 is 4.74 Å². The van der Waals surface area contributed by atoms with Gasteiger partial charge in [-0.3, -0.25) is 9.69 Å². The summed E-state index contributed by atoms with van der Waals surface area (Å²) in [6, 6.07) is 13.0. The van der Waals surface area contributed by atoms with Gasteiger partial charge in [-0.1, -0.05) is 53.0 Å². The molecular formula is C19H19Cl3N2O2. The molecule has 26 heavy (non-hydrogen) atoms. The number of hydrogen-bond donors (Lipinski definition) is 0. The van der Waals surface area contributed by atoms with Crippen molar-refractivity contribution >= 4 is 40.7 Å². The lowest BCUT2D eigenvalue weighted by molar-refractivity contribution is -0.135. The highest BCUT2D eigenvalue weighted by molar-refractivity contribution is 6.42. The zero-order chi connectivity index (χ0) is 18.5. The number of carbonyl (C=O) groups is 1. The number of nitrogens with zero attached hydrogens (tertiary/aromatic N) is 2. The lowest BCUT2D eigenvalue weighted by atomic mass is 10.2. The molecule has 0 unspecified atom stereocenters. The molecule has 7 heteroatoms. The monoisotopic (exact) mass is 412 g/mol. The van der Waals surface area contributed by atoms with Gasteiger partial charge in [0, 0.05) is 37.7 Å². The van der Waals surface area contributed by atoms with Crippen molar-refractivity contribution < 1.29 is 9.53 Å². The van der Waals surface area contributed by atoms with E-state index in [9.17, 15) is 4.79 Å². The fourth-order valence-corrected chi connectivity index (χ4v) is 3.30. The van der Waals surface area contributed by atoms with Crippen LogP contribution in [-0.4, -0.2) is 48.5 Å². The second kappa shape index (κ2) is 8.96. The van der Waals surface area contributed by atoms with E-state index in [-0.39, 0.29) is 12.5 Å². The summed E-state index contributed by atoms with van der Waals surface area (Å²) in [6.45, 7) is 3.82. The van der Waals surface area contributed by atoms with E-state index in [4.69, 9.17) is 39.5 Å². The van der Waals surface area contributed by atoms with Crippen LogP contribution in [0.2, 0.25) is 15.1 Å². The van der Waals surface area contributed by atoms with Gasteiger partial charge in [0.15, 0.2) is 6.61 Å². The van der Waals surface area contributed by atoms with E-state index in [1.54, 1.807) is 18.2 Å². The van der Waals surface area contributed by atoms with E-state index in [1.165, 1.54) is 5.56 Å². The minimum atomic E-state index is -0.0489. The van der Waals surface area contributed by atoms with Gasteiger partial charge in [-0.2, -0.15) is 0 Å². The normalized spacial score (nSPS) is 15.1. The summed E-state index contributed by atoms with van der Waals surface area (Å²) in [6.07, 6.45) is 0. The van der Waals surface area contributed by atoms with Gasteiger partial charge in [0.1, 0.15) is 10.8 Å². The van der Waals surface area contributed by atoms with Crippen LogP contribution in [0.15, 0.2) is 42.5 Å². The summed E-state index contributed by atoms with van der Waals surface area (Å²) < 4.78 is 5.53. The third-order valence-corrected chi connectivity index (χ3v) is 5.37. The number of hydrogen-bond acceptors (Lipinski definition) is 3. The second-order valence-corrected chi connectivity index (χ2v) is 7.35. The maximum atomic E-state index is 12.4. The summed E-state index contributed by atoms with van der Waals surface area (Å²) >= 11 is 17.9. The molecule has 1 saturated heterocycles. The summed E-state index contributed by atoms with van der Waals surface area (Å²) in [7, 11) is 0. The Balaban J connectivity index is 1.46. The Morgan fingerprint density at radius 1 is 0.962 bits per heavy atom. The highest BCUT2D eigenvalue weighted by Crippen LogP contribution is 2.31. The molecule has 0 atom stereocenters. The molecule has 1 heterocycles. The van der Waals surface area contributed by atoms with Gasteiger partial charge in [-0.15, -0.1) is 0 Å². The molecule has 0 aliphatic carbocycles. The van der Waals surface area contributed by atoms with E-state index in [0.717, 1.165) is 24.7 Å². The summed E-state index contributed by atoms with van der Waals surface area (Å²) in [5.41, 5.74) is 1.22. The molecule has 0 radical (unpaired) electrons. The SMILES string of the molecule is O=C(COc1cccc(Cl)c1Cl)N1CCN(Cc2ccc(Cl)cc2)CC1. The van der Waals surface area contributed by atoms with Gasteiger partial charge in [0.25, 0.3) is 5.91 Å². The molecule has 0 N–H and O–H groups in total. The predicted molar refractivity (Wildman–Crippen MR) is 105 cm³/mol. The maximum Gasteiger partial charge on any atom is 0.260 e. The number of carbonyl (C=O) groups excluding carboxylic acids is 1. The average molecular weight is 414 g/mol. The average Bonchev–Trinajstić information content (AvgIpc) is 2.65. The summed E-state index contributed by atoms with van der Waals surface area (Å²) in [5.74, 6) is 0.376. The Morgan fingerprint density at radius 3 is 2.35 bits per heavy atom. The first-order chi connectivity index (χ1) is 12.5. The molecule has 3 rings (SSSR count). The third kappa shape index (κ3) is 5.04. The second-order valence-electron chi connectivity index (χ2n) is 6.12. The Morgan fingerprint density at radius 2 is 1.65 bits per heavy atom. The molecule has 0 bridgehead atoms. The molecule has 1 aliphatic heterocycles. The molecule has 2 aromatic carbocycles. The topological polar surface area (TPSA) is 32.8 Å². The van der Waals surface area contributed by atoms with Crippen molar-refractivity contribution in [3.8, 4) is 5.75 Å². The van der Waals surface area contributed by atoms with Gasteiger partial charge in [-0.25, -0.2) is 0 Å². The fourth-order valence-electron chi connectivity index (χ4n) is 2.83. The standard InChI is InChI=1S/C19H19Cl3N2O2/c20-15-6-4-14(5-7-15)12-23-8-10-24(11-9-23)18(25)13-26-17-3-1-2-16(21)19(17)22/h1-7H,8-13H2. The first-order valence-corrected chi connectivity index (χ1v) is 9.48. The first-order valence-electron chi connectivity index (χ1n) is 8.34. The van der Waals surface area contributed by atoms with Gasteiger partial charge in [0.05, 0.1) is 5.02 Å². The smallest absolute Gasteiger partial charge is 0.260 e. The molecular weight excluding hydrogens is 395 g/mol. The Labute approximate surface area is 168 Å². The van der Waals surface area contributed by atoms with E-state index < -0.39 is 0 Å². The van der Waals surface area contributed by atoms with Crippen molar-refractivity contribution in [3.05, 3.63) is 63.1 Å². The lowest BCUT2D eigenvalue weighted by Gasteiger charge is -2.34. The minimum Gasteiger partial charge on any atom is -0.482 e. The maximum absolute atomic E-state index is 12.4. The van der Waals surface area contributed by atoms with Crippen LogP contribution in [0.3, 0.4) is 0 Å². The van der Waals surface area contributed by atoms with E-state index in [0.29, 0.717) is 28.9 Å². The lowest BCUT2D eigenvalue weighted by Crippen LogP contribution is -2.49. The van der Waals surface area contributed by atoms with E-state index in [2.05, 4.69) is 4.90 Å². The molecule has 0 spiro atoms. The zero-order valence-corrected chi connectivity index (χ0v) is 16.4. The first kappa shape index (κ1) is 19.3. The zero-order valence-electron chi connectivity index (χ0n) is 14.1. The Bertz CT molecular complexity index is 760. The van der Waals surface area contributed by atoms with Crippen LogP contribution in [0.1, 0.15) is 5.56 Å². The van der Waals surface area contributed by atoms with Crippen LogP contribution >= 0.6 is 34.8 Å². The number of benzene rings is 2. The minimum absolute atomic E-state index is 0.0444. The quantitative estimate of drug-likeness (QED) is 0.730. The summed E-state index contributed by atoms with van der Waals surface area (Å²) in [4.78, 5) is 16.5. The molecule has 1 aliphatic rings. The van der Waals surface area contributed by atoms with Gasteiger partial charge in [0.2, 0.25) is 0 Å². The van der Waals surface area contributed by atoms with Crippen LogP contribution in [0, 0.1) is 0 Å². The van der Waals surface area contributed by atoms with Gasteiger partial charge >= 0.3 is 0 Å². The van der Waals surface area contributed by atoms with Crippen LogP contribution in [-0.2, 0) is 11.3 Å². The fraction of sp³-hybridized carbons (Fsp3) is 0.316. The van der Waals surface area contributed by atoms with Crippen molar-refractivity contribution in [2.75, 3.05) is 32.8 Å². The Hall–Kier alpha value is -1.46. The van der Waals surface area contributed by atoms with Crippen molar-refractivity contribution in [3.63, 3.8) is 0 Å². The molecule has 2 aromatic rings. The molecule has 138 valence electrons. The Kier molecular flexibility index (Phi) is 6.65. The number of rotatable bonds is 5. The number of halogens is 3. The predicted octanol–water partition coefficient (Wildman–Crippen LogP) is 4.37. The van der Waals surface area contributed by atoms with Crippen molar-refractivity contribution in [1.29, 1.82) is 0 Å². The highest BCUT2D eigenvalue weighted by Gasteiger charge is 2.21. The van der Waals surface area contributed by atoms with Crippen LogP contribution in [0.4, 0.5) is 0 Å². The largest absolute Gasteiger partial charge is 0.482 e. The molecule has 4 nitrogen and oxygen atoms in total. The number of ether oxygens (including phenoxy) is 1. The molecule has 0 aromatic heterocycles.